The van der Waals surface area contributed by atoms with Crippen molar-refractivity contribution in [2.75, 3.05) is 18.2 Å². The average Bonchev–Trinajstić information content (AvgIpc) is 2.44. The lowest BCUT2D eigenvalue weighted by molar-refractivity contribution is -0.141. The van der Waals surface area contributed by atoms with Crippen LogP contribution in [0.25, 0.3) is 0 Å². The summed E-state index contributed by atoms with van der Waals surface area (Å²) < 4.78 is 42.9. The topological polar surface area (TPSA) is 73.1 Å². The molecule has 0 amide bonds. The number of hydrogen-bond acceptors (Lipinski definition) is 5. The summed E-state index contributed by atoms with van der Waals surface area (Å²) in [6, 6.07) is 7.95. The van der Waals surface area contributed by atoms with Crippen molar-refractivity contribution < 1.29 is 17.9 Å². The molecule has 0 radical (unpaired) electrons. The number of alkyl halides is 3. The van der Waals surface area contributed by atoms with E-state index >= 15 is 0 Å². The molecule has 1 aromatic carbocycles. The highest BCUT2D eigenvalue weighted by molar-refractivity contribution is 5.42. The zero-order valence-corrected chi connectivity index (χ0v) is 11.1. The van der Waals surface area contributed by atoms with E-state index in [9.17, 15) is 13.2 Å². The summed E-state index contributed by atoms with van der Waals surface area (Å²) >= 11 is 0. The fourth-order valence-corrected chi connectivity index (χ4v) is 1.68. The van der Waals surface area contributed by atoms with Crippen molar-refractivity contribution in [3.8, 4) is 5.75 Å². The molecule has 21 heavy (non-hydrogen) atoms. The van der Waals surface area contributed by atoms with Gasteiger partial charge in [-0.05, 0) is 17.7 Å². The second kappa shape index (κ2) is 5.86. The molecule has 0 spiro atoms. The Morgan fingerprint density at radius 3 is 2.67 bits per heavy atom. The number of nitrogen functional groups attached to an aromatic ring is 1. The number of anilines is 2. The number of halogens is 3. The average molecular weight is 298 g/mol. The summed E-state index contributed by atoms with van der Waals surface area (Å²) in [5, 5.41) is 2.78. The number of nitrogens with two attached hydrogens (primary N) is 1. The molecule has 0 bridgehead atoms. The lowest BCUT2D eigenvalue weighted by atomic mass is 10.2. The standard InChI is InChI=1S/C13H13F3N4O/c1-21-9-4-2-3-8(5-9)7-18-11-6-10(13(14,15)16)19-12(17)20-11/h2-6H,7H2,1H3,(H3,17,18,19,20). The summed E-state index contributed by atoms with van der Waals surface area (Å²) in [5.41, 5.74) is 5.04. The molecule has 8 heteroatoms. The van der Waals surface area contributed by atoms with Crippen LogP contribution in [-0.2, 0) is 12.7 Å². The number of ether oxygens (including phenoxy) is 1. The highest BCUT2D eigenvalue weighted by atomic mass is 19.4. The maximum absolute atomic E-state index is 12.6. The monoisotopic (exact) mass is 298 g/mol. The van der Waals surface area contributed by atoms with Gasteiger partial charge in [0.2, 0.25) is 5.95 Å². The molecule has 1 heterocycles. The fraction of sp³-hybridized carbons (Fsp3) is 0.231. The zero-order valence-electron chi connectivity index (χ0n) is 11.1. The van der Waals surface area contributed by atoms with Crippen LogP contribution in [0.3, 0.4) is 0 Å². The van der Waals surface area contributed by atoms with Crippen molar-refractivity contribution >= 4 is 11.8 Å². The molecular weight excluding hydrogens is 285 g/mol. The van der Waals surface area contributed by atoms with Crippen LogP contribution in [0, 0.1) is 0 Å². The first-order valence-corrected chi connectivity index (χ1v) is 5.97. The number of hydrogen-bond donors (Lipinski definition) is 2. The maximum Gasteiger partial charge on any atom is 0.433 e. The van der Waals surface area contributed by atoms with E-state index in [2.05, 4.69) is 15.3 Å². The Balaban J connectivity index is 2.14. The summed E-state index contributed by atoms with van der Waals surface area (Å²) in [5.74, 6) is 0.239. The Kier molecular flexibility index (Phi) is 4.15. The molecule has 0 aliphatic carbocycles. The number of methoxy groups -OCH3 is 1. The van der Waals surface area contributed by atoms with Gasteiger partial charge in [0.15, 0.2) is 5.69 Å². The van der Waals surface area contributed by atoms with Gasteiger partial charge in [-0.2, -0.15) is 18.2 Å². The van der Waals surface area contributed by atoms with E-state index in [1.807, 2.05) is 6.07 Å². The van der Waals surface area contributed by atoms with Crippen LogP contribution in [-0.4, -0.2) is 17.1 Å². The molecule has 5 nitrogen and oxygen atoms in total. The summed E-state index contributed by atoms with van der Waals surface area (Å²) in [7, 11) is 1.53. The molecule has 1 aromatic heterocycles. The van der Waals surface area contributed by atoms with Gasteiger partial charge < -0.3 is 15.8 Å². The van der Waals surface area contributed by atoms with E-state index in [0.717, 1.165) is 11.6 Å². The molecule has 0 saturated heterocycles. The first-order valence-electron chi connectivity index (χ1n) is 5.97. The van der Waals surface area contributed by atoms with Crippen molar-refractivity contribution in [1.29, 1.82) is 0 Å². The predicted octanol–water partition coefficient (Wildman–Crippen LogP) is 2.70. The molecule has 3 N–H and O–H groups in total. The minimum Gasteiger partial charge on any atom is -0.497 e. The predicted molar refractivity (Wildman–Crippen MR) is 71.8 cm³/mol. The van der Waals surface area contributed by atoms with Gasteiger partial charge in [-0.3, -0.25) is 0 Å². The minimum absolute atomic E-state index is 0.0117. The van der Waals surface area contributed by atoms with E-state index in [1.165, 1.54) is 7.11 Å². The molecule has 0 saturated carbocycles. The van der Waals surface area contributed by atoms with E-state index < -0.39 is 17.8 Å². The van der Waals surface area contributed by atoms with Gasteiger partial charge in [0, 0.05) is 12.6 Å². The third-order valence-electron chi connectivity index (χ3n) is 2.64. The Bertz CT molecular complexity index is 631. The fourth-order valence-electron chi connectivity index (χ4n) is 1.68. The number of benzene rings is 1. The van der Waals surface area contributed by atoms with Crippen LogP contribution >= 0.6 is 0 Å². The highest BCUT2D eigenvalue weighted by Crippen LogP contribution is 2.29. The maximum atomic E-state index is 12.6. The Morgan fingerprint density at radius 2 is 2.00 bits per heavy atom. The highest BCUT2D eigenvalue weighted by Gasteiger charge is 2.33. The van der Waals surface area contributed by atoms with Gasteiger partial charge in [0.1, 0.15) is 11.6 Å². The molecule has 112 valence electrons. The first kappa shape index (κ1) is 14.9. The number of nitrogens with zero attached hydrogens (tertiary/aromatic N) is 2. The molecule has 0 unspecified atom stereocenters. The number of nitrogens with one attached hydrogen (secondary N) is 1. The van der Waals surface area contributed by atoms with Gasteiger partial charge in [-0.15, -0.1) is 0 Å². The van der Waals surface area contributed by atoms with E-state index in [-0.39, 0.29) is 12.4 Å². The van der Waals surface area contributed by atoms with Crippen molar-refractivity contribution in [1.82, 2.24) is 9.97 Å². The second-order valence-corrected chi connectivity index (χ2v) is 4.20. The van der Waals surface area contributed by atoms with Crippen LogP contribution in [0.1, 0.15) is 11.3 Å². The molecular formula is C13H13F3N4O. The van der Waals surface area contributed by atoms with Crippen molar-refractivity contribution in [2.24, 2.45) is 0 Å². The van der Waals surface area contributed by atoms with Crippen LogP contribution in [0.5, 0.6) is 5.75 Å². The summed E-state index contributed by atoms with van der Waals surface area (Å²) in [6.45, 7) is 0.283. The largest absolute Gasteiger partial charge is 0.497 e. The lowest BCUT2D eigenvalue weighted by Gasteiger charge is -2.10. The van der Waals surface area contributed by atoms with E-state index in [4.69, 9.17) is 10.5 Å². The first-order chi connectivity index (χ1) is 9.88. The molecule has 2 rings (SSSR count). The third kappa shape index (κ3) is 3.98. The van der Waals surface area contributed by atoms with E-state index in [0.29, 0.717) is 5.75 Å². The summed E-state index contributed by atoms with van der Waals surface area (Å²) in [4.78, 5) is 6.90. The smallest absolute Gasteiger partial charge is 0.433 e. The van der Waals surface area contributed by atoms with Crippen LogP contribution in [0.15, 0.2) is 30.3 Å². The van der Waals surface area contributed by atoms with Gasteiger partial charge >= 0.3 is 6.18 Å². The summed E-state index contributed by atoms with van der Waals surface area (Å²) in [6.07, 6.45) is -4.57. The van der Waals surface area contributed by atoms with Crippen LogP contribution in [0.4, 0.5) is 24.9 Å². The van der Waals surface area contributed by atoms with Gasteiger partial charge in [0.25, 0.3) is 0 Å². The Labute approximate surface area is 119 Å². The third-order valence-corrected chi connectivity index (χ3v) is 2.64. The van der Waals surface area contributed by atoms with Crippen LogP contribution < -0.4 is 15.8 Å². The van der Waals surface area contributed by atoms with E-state index in [1.54, 1.807) is 18.2 Å². The normalized spacial score (nSPS) is 11.2. The SMILES string of the molecule is COc1cccc(CNc2cc(C(F)(F)F)nc(N)n2)c1. The Morgan fingerprint density at radius 1 is 1.24 bits per heavy atom. The van der Waals surface area contributed by atoms with Crippen molar-refractivity contribution in [3.05, 3.63) is 41.6 Å². The Hall–Kier alpha value is -2.51. The van der Waals surface area contributed by atoms with Crippen molar-refractivity contribution in [3.63, 3.8) is 0 Å². The molecule has 0 aliphatic heterocycles. The second-order valence-electron chi connectivity index (χ2n) is 4.20. The van der Waals surface area contributed by atoms with Gasteiger partial charge in [0.05, 0.1) is 7.11 Å². The molecule has 0 atom stereocenters. The lowest BCUT2D eigenvalue weighted by Crippen LogP contribution is -2.13. The van der Waals surface area contributed by atoms with Gasteiger partial charge in [-0.1, -0.05) is 12.1 Å². The molecule has 0 aliphatic rings. The van der Waals surface area contributed by atoms with Crippen molar-refractivity contribution in [2.45, 2.75) is 12.7 Å². The quantitative estimate of drug-likeness (QED) is 0.908. The number of aromatic nitrogens is 2. The number of rotatable bonds is 4. The zero-order chi connectivity index (χ0) is 15.5. The van der Waals surface area contributed by atoms with Gasteiger partial charge in [-0.25, -0.2) is 4.98 Å². The molecule has 0 fully saturated rings. The molecule has 2 aromatic rings. The minimum atomic E-state index is -4.57. The van der Waals surface area contributed by atoms with Crippen LogP contribution in [0.2, 0.25) is 0 Å².